The first-order valence-corrected chi connectivity index (χ1v) is 13.8. The lowest BCUT2D eigenvalue weighted by atomic mass is 9.88. The number of carbonyl (C=O) groups excluding carboxylic acids is 1. The lowest BCUT2D eigenvalue weighted by Gasteiger charge is -2.34. The Bertz CT molecular complexity index is 1110. The van der Waals surface area contributed by atoms with E-state index in [-0.39, 0.29) is 17.6 Å². The lowest BCUT2D eigenvalue weighted by molar-refractivity contribution is -0.111. The maximum atomic E-state index is 13.6. The molecule has 1 saturated heterocycles. The Morgan fingerprint density at radius 3 is 2.72 bits per heavy atom. The summed E-state index contributed by atoms with van der Waals surface area (Å²) in [5.41, 5.74) is 7.99. The molecule has 0 radical (unpaired) electrons. The zero-order valence-electron chi connectivity index (χ0n) is 21.1. The number of halogens is 1. The Morgan fingerprint density at radius 2 is 1.97 bits per heavy atom. The first-order valence-electron chi connectivity index (χ1n) is 12.8. The number of anilines is 1. The third kappa shape index (κ3) is 5.40. The molecule has 1 fully saturated rings. The fourth-order valence-electron chi connectivity index (χ4n) is 5.42. The Morgan fingerprint density at radius 1 is 1.22 bits per heavy atom. The molecule has 0 spiro atoms. The second kappa shape index (κ2) is 10.7. The molecule has 4 aliphatic rings. The smallest absolute Gasteiger partial charge is 0.260 e. The van der Waals surface area contributed by atoms with Crippen molar-refractivity contribution in [3.05, 3.63) is 58.0 Å². The summed E-state index contributed by atoms with van der Waals surface area (Å²) < 4.78 is 19.9. The number of nitrogens with two attached hydrogens (primary N) is 1. The van der Waals surface area contributed by atoms with Gasteiger partial charge in [0, 0.05) is 76.1 Å². The average molecular weight is 514 g/mol. The Hall–Kier alpha value is -2.17. The minimum atomic E-state index is -0.512. The quantitative estimate of drug-likeness (QED) is 0.364. The van der Waals surface area contributed by atoms with Crippen molar-refractivity contribution in [2.45, 2.75) is 19.4 Å². The molecule has 0 bridgehead atoms. The number of allylic oxidation sites excluding steroid dienone is 2. The monoisotopic (exact) mass is 513 g/mol. The third-order valence-corrected chi connectivity index (χ3v) is 8.55. The van der Waals surface area contributed by atoms with E-state index in [1.54, 1.807) is 6.07 Å². The summed E-state index contributed by atoms with van der Waals surface area (Å²) >= 11 is 1.89. The molecular weight excluding hydrogens is 477 g/mol. The van der Waals surface area contributed by atoms with E-state index in [0.717, 1.165) is 64.7 Å². The van der Waals surface area contributed by atoms with Crippen LogP contribution in [-0.2, 0) is 9.53 Å². The fraction of sp³-hybridized carbons (Fsp3) is 0.519. The van der Waals surface area contributed by atoms with Crippen LogP contribution in [0.15, 0.2) is 46.6 Å². The number of ether oxygens (including phenoxy) is 1. The maximum absolute atomic E-state index is 13.6. The number of benzene rings is 1. The topological polar surface area (TPSA) is 82.9 Å². The van der Waals surface area contributed by atoms with Crippen LogP contribution in [0.1, 0.15) is 19.4 Å². The largest absolute Gasteiger partial charge is 0.483 e. The number of hydrogen-bond donors (Lipinski definition) is 3. The number of fused-ring (bicyclic) bond motifs is 1. The predicted molar refractivity (Wildman–Crippen MR) is 144 cm³/mol. The SMILES string of the molecule is CC1(C)O/C(=C2/C(=O)Nc3cc(F)ccc32)C=C1C1C=C(CNCCN2CCN(CCN)CC2)SC1. The fourth-order valence-corrected chi connectivity index (χ4v) is 6.55. The number of rotatable bonds is 8. The van der Waals surface area contributed by atoms with Crippen LogP contribution in [0.3, 0.4) is 0 Å². The van der Waals surface area contributed by atoms with Gasteiger partial charge in [-0.2, -0.15) is 0 Å². The molecule has 5 rings (SSSR count). The van der Waals surface area contributed by atoms with E-state index in [1.807, 2.05) is 31.7 Å². The molecule has 1 aromatic carbocycles. The predicted octanol–water partition coefficient (Wildman–Crippen LogP) is 2.64. The van der Waals surface area contributed by atoms with Crippen LogP contribution in [-0.4, -0.2) is 86.0 Å². The molecule has 4 heterocycles. The molecule has 194 valence electrons. The molecule has 4 aliphatic heterocycles. The Kier molecular flexibility index (Phi) is 7.55. The van der Waals surface area contributed by atoms with Crippen molar-refractivity contribution in [1.82, 2.24) is 15.1 Å². The highest BCUT2D eigenvalue weighted by molar-refractivity contribution is 8.03. The summed E-state index contributed by atoms with van der Waals surface area (Å²) in [4.78, 5) is 19.0. The van der Waals surface area contributed by atoms with Crippen LogP contribution < -0.4 is 16.4 Å². The number of hydrogen-bond acceptors (Lipinski definition) is 7. The van der Waals surface area contributed by atoms with Gasteiger partial charge in [-0.25, -0.2) is 4.39 Å². The minimum Gasteiger partial charge on any atom is -0.483 e. The van der Waals surface area contributed by atoms with Gasteiger partial charge in [0.2, 0.25) is 0 Å². The zero-order valence-corrected chi connectivity index (χ0v) is 21.9. The first-order chi connectivity index (χ1) is 17.3. The summed E-state index contributed by atoms with van der Waals surface area (Å²) in [7, 11) is 0. The van der Waals surface area contributed by atoms with E-state index in [2.05, 4.69) is 26.5 Å². The van der Waals surface area contributed by atoms with E-state index >= 15 is 0 Å². The van der Waals surface area contributed by atoms with Gasteiger partial charge >= 0.3 is 0 Å². The van der Waals surface area contributed by atoms with E-state index in [4.69, 9.17) is 10.5 Å². The van der Waals surface area contributed by atoms with Crippen LogP contribution in [0, 0.1) is 11.7 Å². The minimum absolute atomic E-state index is 0.249. The average Bonchev–Trinajstić information content (AvgIpc) is 3.51. The Labute approximate surface area is 217 Å². The highest BCUT2D eigenvalue weighted by Crippen LogP contribution is 2.46. The standard InChI is InChI=1S/C27H36FN5O2S/c1-27(2)22(15-24(35-27)25-21-4-3-19(28)14-23(21)31-26(25)34)18-13-20(36-17-18)16-30-6-8-33-11-9-32(7-5-29)10-12-33/h3-4,13-15,18,30H,5-12,16-17,29H2,1-2H3,(H,31,34)/b25-24+. The van der Waals surface area contributed by atoms with Crippen molar-refractivity contribution in [3.63, 3.8) is 0 Å². The summed E-state index contributed by atoms with van der Waals surface area (Å²) in [6.07, 6.45) is 4.36. The van der Waals surface area contributed by atoms with Gasteiger partial charge in [0.1, 0.15) is 17.2 Å². The number of thioether (sulfide) groups is 1. The van der Waals surface area contributed by atoms with E-state index in [1.165, 1.54) is 22.6 Å². The first kappa shape index (κ1) is 25.5. The molecule has 0 aromatic heterocycles. The highest BCUT2D eigenvalue weighted by Gasteiger charge is 2.40. The van der Waals surface area contributed by atoms with Crippen LogP contribution >= 0.6 is 11.8 Å². The lowest BCUT2D eigenvalue weighted by Crippen LogP contribution is -2.49. The van der Waals surface area contributed by atoms with Gasteiger partial charge in [-0.15, -0.1) is 11.8 Å². The molecule has 1 atom stereocenters. The second-order valence-electron chi connectivity index (χ2n) is 10.3. The molecule has 0 aliphatic carbocycles. The zero-order chi connectivity index (χ0) is 25.3. The number of piperazine rings is 1. The molecule has 4 N–H and O–H groups in total. The maximum Gasteiger partial charge on any atom is 0.260 e. The van der Waals surface area contributed by atoms with Crippen LogP contribution in [0.4, 0.5) is 10.1 Å². The number of carbonyl (C=O) groups is 1. The molecule has 9 heteroatoms. The van der Waals surface area contributed by atoms with Gasteiger partial charge in [0.25, 0.3) is 5.91 Å². The summed E-state index contributed by atoms with van der Waals surface area (Å²) in [6, 6.07) is 4.37. The van der Waals surface area contributed by atoms with Crippen LogP contribution in [0.25, 0.3) is 5.57 Å². The van der Waals surface area contributed by atoms with Gasteiger partial charge < -0.3 is 21.1 Å². The number of nitrogens with zero attached hydrogens (tertiary/aromatic N) is 2. The second-order valence-corrected chi connectivity index (χ2v) is 11.4. The third-order valence-electron chi connectivity index (χ3n) is 7.37. The van der Waals surface area contributed by atoms with Crippen molar-refractivity contribution in [2.24, 2.45) is 11.7 Å². The molecule has 0 saturated carbocycles. The summed E-state index contributed by atoms with van der Waals surface area (Å²) in [5, 5.41) is 6.37. The molecule has 36 heavy (non-hydrogen) atoms. The van der Waals surface area contributed by atoms with Crippen molar-refractivity contribution < 1.29 is 13.9 Å². The Balaban J connectivity index is 1.19. The molecule has 1 unspecified atom stereocenters. The van der Waals surface area contributed by atoms with Crippen molar-refractivity contribution >= 4 is 28.9 Å². The van der Waals surface area contributed by atoms with Crippen molar-refractivity contribution in [2.75, 3.05) is 70.0 Å². The van der Waals surface area contributed by atoms with Crippen LogP contribution in [0.5, 0.6) is 0 Å². The van der Waals surface area contributed by atoms with Crippen molar-refractivity contribution in [1.29, 1.82) is 0 Å². The van der Waals surface area contributed by atoms with Gasteiger partial charge in [0.15, 0.2) is 0 Å². The molecule has 7 nitrogen and oxygen atoms in total. The number of amides is 1. The van der Waals surface area contributed by atoms with Crippen molar-refractivity contribution in [3.8, 4) is 0 Å². The molecular formula is C27H36FN5O2S. The van der Waals surface area contributed by atoms with Gasteiger partial charge in [0.05, 0.1) is 11.3 Å². The van der Waals surface area contributed by atoms with E-state index in [9.17, 15) is 9.18 Å². The summed E-state index contributed by atoms with van der Waals surface area (Å²) in [5.74, 6) is 1.17. The van der Waals surface area contributed by atoms with Gasteiger partial charge in [-0.1, -0.05) is 6.08 Å². The number of nitrogens with one attached hydrogen (secondary N) is 2. The van der Waals surface area contributed by atoms with E-state index < -0.39 is 5.60 Å². The van der Waals surface area contributed by atoms with E-state index in [0.29, 0.717) is 22.6 Å². The normalized spacial score (nSPS) is 26.0. The van der Waals surface area contributed by atoms with Gasteiger partial charge in [-0.3, -0.25) is 14.6 Å². The highest BCUT2D eigenvalue weighted by atomic mass is 32.2. The van der Waals surface area contributed by atoms with Gasteiger partial charge in [-0.05, 0) is 48.6 Å². The van der Waals surface area contributed by atoms with Crippen LogP contribution in [0.2, 0.25) is 0 Å². The molecule has 1 aromatic rings. The summed E-state index contributed by atoms with van der Waals surface area (Å²) in [6.45, 7) is 13.2. The molecule has 1 amide bonds.